The molecule has 148 valence electrons. The van der Waals surface area contributed by atoms with E-state index >= 15 is 0 Å². The second kappa shape index (κ2) is 8.38. The fourth-order valence-electron chi connectivity index (χ4n) is 4.32. The zero-order valence-electron chi connectivity index (χ0n) is 16.3. The average molecular weight is 375 g/mol. The third kappa shape index (κ3) is 4.67. The quantitative estimate of drug-likeness (QED) is 0.831. The van der Waals surface area contributed by atoms with E-state index in [9.17, 15) is 14.0 Å². The maximum atomic E-state index is 14.0. The minimum absolute atomic E-state index is 0.0575. The van der Waals surface area contributed by atoms with E-state index in [0.29, 0.717) is 38.2 Å². The minimum atomic E-state index is -0.363. The number of carbonyl (C=O) groups is 2. The van der Waals surface area contributed by atoms with Crippen LogP contribution in [-0.2, 0) is 16.1 Å². The molecular formula is C21H30FN3O2. The summed E-state index contributed by atoms with van der Waals surface area (Å²) in [6.45, 7) is 7.15. The molecule has 0 saturated carbocycles. The normalized spacial score (nSPS) is 23.4. The topological polar surface area (TPSA) is 52.7 Å². The molecule has 0 aromatic heterocycles. The number of halogens is 1. The highest BCUT2D eigenvalue weighted by atomic mass is 19.1. The van der Waals surface area contributed by atoms with E-state index in [1.807, 2.05) is 24.8 Å². The molecule has 2 heterocycles. The van der Waals surface area contributed by atoms with Crippen LogP contribution in [0.15, 0.2) is 24.3 Å². The first-order valence-corrected chi connectivity index (χ1v) is 9.94. The van der Waals surface area contributed by atoms with Crippen LogP contribution in [-0.4, -0.2) is 53.8 Å². The summed E-state index contributed by atoms with van der Waals surface area (Å²) in [5.74, 6) is -0.0534. The molecule has 0 radical (unpaired) electrons. The third-order valence-electron chi connectivity index (χ3n) is 5.68. The van der Waals surface area contributed by atoms with Crippen LogP contribution in [0.4, 0.5) is 4.39 Å². The van der Waals surface area contributed by atoms with Crippen LogP contribution in [0.2, 0.25) is 0 Å². The van der Waals surface area contributed by atoms with Crippen LogP contribution in [0.1, 0.15) is 45.1 Å². The van der Waals surface area contributed by atoms with Crippen molar-refractivity contribution in [1.82, 2.24) is 15.1 Å². The van der Waals surface area contributed by atoms with Crippen molar-refractivity contribution in [2.24, 2.45) is 5.41 Å². The van der Waals surface area contributed by atoms with E-state index in [-0.39, 0.29) is 29.1 Å². The van der Waals surface area contributed by atoms with Crippen LogP contribution in [0.5, 0.6) is 0 Å². The Morgan fingerprint density at radius 2 is 2.04 bits per heavy atom. The van der Waals surface area contributed by atoms with E-state index < -0.39 is 0 Å². The SMILES string of the molecule is CC(C)NC(=O)CCN1CCC2(CCCN(Cc3ccccc3F)C2=O)C1. The monoisotopic (exact) mass is 375 g/mol. The molecule has 1 aromatic carbocycles. The number of hydrogen-bond acceptors (Lipinski definition) is 3. The van der Waals surface area contributed by atoms with Crippen molar-refractivity contribution in [1.29, 1.82) is 0 Å². The lowest BCUT2D eigenvalue weighted by molar-refractivity contribution is -0.146. The number of piperidine rings is 1. The summed E-state index contributed by atoms with van der Waals surface area (Å²) in [6.07, 6.45) is 3.11. The van der Waals surface area contributed by atoms with Gasteiger partial charge >= 0.3 is 0 Å². The molecule has 1 aromatic rings. The van der Waals surface area contributed by atoms with Crippen molar-refractivity contribution in [2.45, 2.75) is 52.1 Å². The molecule has 0 bridgehead atoms. The van der Waals surface area contributed by atoms with Gasteiger partial charge in [-0.1, -0.05) is 18.2 Å². The molecule has 5 nitrogen and oxygen atoms in total. The molecule has 3 rings (SSSR count). The van der Waals surface area contributed by atoms with E-state index in [4.69, 9.17) is 0 Å². The molecule has 0 aliphatic carbocycles. The Bertz CT molecular complexity index is 694. The molecule has 1 unspecified atom stereocenters. The Labute approximate surface area is 160 Å². The van der Waals surface area contributed by atoms with Gasteiger partial charge in [-0.25, -0.2) is 4.39 Å². The summed E-state index contributed by atoms with van der Waals surface area (Å²) in [7, 11) is 0. The third-order valence-corrected chi connectivity index (χ3v) is 5.68. The second-order valence-electron chi connectivity index (χ2n) is 8.20. The summed E-state index contributed by atoms with van der Waals surface area (Å²) >= 11 is 0. The van der Waals surface area contributed by atoms with Crippen LogP contribution in [0.25, 0.3) is 0 Å². The Morgan fingerprint density at radius 1 is 1.26 bits per heavy atom. The van der Waals surface area contributed by atoms with Gasteiger partial charge in [0.05, 0.1) is 5.41 Å². The summed E-state index contributed by atoms with van der Waals surface area (Å²) in [4.78, 5) is 29.1. The fraction of sp³-hybridized carbons (Fsp3) is 0.619. The number of benzene rings is 1. The van der Waals surface area contributed by atoms with Crippen molar-refractivity contribution >= 4 is 11.8 Å². The number of carbonyl (C=O) groups excluding carboxylic acids is 2. The number of amides is 2. The molecule has 27 heavy (non-hydrogen) atoms. The average Bonchev–Trinajstić information content (AvgIpc) is 3.03. The van der Waals surface area contributed by atoms with Crippen LogP contribution < -0.4 is 5.32 Å². The summed E-state index contributed by atoms with van der Waals surface area (Å²) < 4.78 is 14.0. The molecule has 2 amide bonds. The van der Waals surface area contributed by atoms with Gasteiger partial charge in [-0.05, 0) is 45.7 Å². The van der Waals surface area contributed by atoms with Gasteiger partial charge in [-0.3, -0.25) is 9.59 Å². The van der Waals surface area contributed by atoms with Gasteiger partial charge in [0.25, 0.3) is 0 Å². The van der Waals surface area contributed by atoms with E-state index in [0.717, 1.165) is 25.8 Å². The van der Waals surface area contributed by atoms with Gasteiger partial charge < -0.3 is 15.1 Å². The summed E-state index contributed by atoms with van der Waals surface area (Å²) in [5.41, 5.74) is 0.209. The number of likely N-dealkylation sites (tertiary alicyclic amines) is 2. The van der Waals surface area contributed by atoms with Crippen molar-refractivity contribution in [3.05, 3.63) is 35.6 Å². The summed E-state index contributed by atoms with van der Waals surface area (Å²) in [6, 6.07) is 6.82. The Kier molecular flexibility index (Phi) is 6.15. The Hall–Kier alpha value is -1.95. The van der Waals surface area contributed by atoms with E-state index in [1.165, 1.54) is 6.07 Å². The zero-order chi connectivity index (χ0) is 19.4. The van der Waals surface area contributed by atoms with Crippen LogP contribution >= 0.6 is 0 Å². The van der Waals surface area contributed by atoms with E-state index in [1.54, 1.807) is 12.1 Å². The maximum absolute atomic E-state index is 14.0. The van der Waals surface area contributed by atoms with Crippen molar-refractivity contribution in [3.63, 3.8) is 0 Å². The van der Waals surface area contributed by atoms with Gasteiger partial charge in [0.15, 0.2) is 0 Å². The number of hydrogen-bond donors (Lipinski definition) is 1. The fourth-order valence-corrected chi connectivity index (χ4v) is 4.32. The van der Waals surface area contributed by atoms with Crippen LogP contribution in [0.3, 0.4) is 0 Å². The molecule has 2 aliphatic heterocycles. The molecule has 1 atom stereocenters. The largest absolute Gasteiger partial charge is 0.354 e. The van der Waals surface area contributed by atoms with Crippen molar-refractivity contribution < 1.29 is 14.0 Å². The number of nitrogens with one attached hydrogen (secondary N) is 1. The first-order chi connectivity index (χ1) is 12.9. The first-order valence-electron chi connectivity index (χ1n) is 9.94. The molecule has 1 N–H and O–H groups in total. The second-order valence-corrected chi connectivity index (χ2v) is 8.20. The van der Waals surface area contributed by atoms with Crippen molar-refractivity contribution in [3.8, 4) is 0 Å². The standard InChI is InChI=1S/C21H30FN3O2/c1-16(2)23-19(26)8-12-24-13-10-21(15-24)9-5-11-25(20(21)27)14-17-6-3-4-7-18(17)22/h3-4,6-7,16H,5,8-15H2,1-2H3,(H,23,26). The van der Waals surface area contributed by atoms with Crippen molar-refractivity contribution in [2.75, 3.05) is 26.2 Å². The smallest absolute Gasteiger partial charge is 0.230 e. The maximum Gasteiger partial charge on any atom is 0.230 e. The predicted octanol–water partition coefficient (Wildman–Crippen LogP) is 2.55. The lowest BCUT2D eigenvalue weighted by Crippen LogP contribution is -2.49. The number of rotatable bonds is 6. The molecule has 2 aliphatic rings. The lowest BCUT2D eigenvalue weighted by atomic mass is 9.78. The molecule has 1 spiro atoms. The van der Waals surface area contributed by atoms with Gasteiger partial charge in [0.1, 0.15) is 5.82 Å². The molecule has 2 fully saturated rings. The highest BCUT2D eigenvalue weighted by Crippen LogP contribution is 2.40. The van der Waals surface area contributed by atoms with Gasteiger partial charge in [0.2, 0.25) is 11.8 Å². The van der Waals surface area contributed by atoms with Crippen LogP contribution in [0, 0.1) is 11.2 Å². The highest BCUT2D eigenvalue weighted by Gasteiger charge is 2.48. The molecule has 2 saturated heterocycles. The Morgan fingerprint density at radius 3 is 2.78 bits per heavy atom. The van der Waals surface area contributed by atoms with Gasteiger partial charge in [0, 0.05) is 44.2 Å². The number of nitrogens with zero attached hydrogens (tertiary/aromatic N) is 2. The van der Waals surface area contributed by atoms with Gasteiger partial charge in [-0.2, -0.15) is 0 Å². The van der Waals surface area contributed by atoms with Gasteiger partial charge in [-0.15, -0.1) is 0 Å². The predicted molar refractivity (Wildman–Crippen MR) is 102 cm³/mol. The Balaban J connectivity index is 1.58. The minimum Gasteiger partial charge on any atom is -0.354 e. The first kappa shape index (κ1) is 19.8. The summed E-state index contributed by atoms with van der Waals surface area (Å²) in [5, 5.41) is 2.91. The molecular weight excluding hydrogens is 345 g/mol. The zero-order valence-corrected chi connectivity index (χ0v) is 16.3. The van der Waals surface area contributed by atoms with E-state index in [2.05, 4.69) is 10.2 Å². The highest BCUT2D eigenvalue weighted by molar-refractivity contribution is 5.84. The molecule has 6 heteroatoms. The lowest BCUT2D eigenvalue weighted by Gasteiger charge is -2.39.